The minimum atomic E-state index is -0.796. The van der Waals surface area contributed by atoms with Gasteiger partial charge < -0.3 is 9.88 Å². The van der Waals surface area contributed by atoms with Crippen molar-refractivity contribution < 1.29 is 19.2 Å². The second-order valence-corrected chi connectivity index (χ2v) is 9.41. The molecule has 4 aromatic rings. The van der Waals surface area contributed by atoms with Crippen LogP contribution >= 0.6 is 11.3 Å². The molecule has 1 saturated heterocycles. The number of urea groups is 1. The SMILES string of the molecule is Cc1ccc(N2C(=O)NC(=O)C(=Cc3cn(CC(=O)NCc4cccs4)c4ccccc34)C2=O)cc1. The molecular weight excluding hydrogens is 476 g/mol. The Morgan fingerprint density at radius 1 is 1.03 bits per heavy atom. The summed E-state index contributed by atoms with van der Waals surface area (Å²) in [4.78, 5) is 53.0. The number of hydrogen-bond donors (Lipinski definition) is 2. The lowest BCUT2D eigenvalue weighted by molar-refractivity contribution is -0.123. The molecule has 0 radical (unpaired) electrons. The highest BCUT2D eigenvalue weighted by Gasteiger charge is 2.37. The first-order valence-electron chi connectivity index (χ1n) is 11.3. The molecule has 2 N–H and O–H groups in total. The van der Waals surface area contributed by atoms with Crippen LogP contribution in [0.3, 0.4) is 0 Å². The van der Waals surface area contributed by atoms with Crippen LogP contribution in [0.25, 0.3) is 17.0 Å². The van der Waals surface area contributed by atoms with Crippen LogP contribution in [0.2, 0.25) is 0 Å². The summed E-state index contributed by atoms with van der Waals surface area (Å²) >= 11 is 1.57. The smallest absolute Gasteiger partial charge is 0.335 e. The van der Waals surface area contributed by atoms with Gasteiger partial charge in [-0.2, -0.15) is 0 Å². The molecular formula is C27H22N4O4S. The Labute approximate surface area is 210 Å². The predicted octanol–water partition coefficient (Wildman–Crippen LogP) is 3.99. The second kappa shape index (κ2) is 9.63. The molecule has 9 heteroatoms. The first-order chi connectivity index (χ1) is 17.4. The van der Waals surface area contributed by atoms with Gasteiger partial charge in [-0.3, -0.25) is 19.7 Å². The number of aromatic nitrogens is 1. The molecule has 0 unspecified atom stereocenters. The molecule has 2 aromatic heterocycles. The van der Waals surface area contributed by atoms with Crippen LogP contribution in [0.5, 0.6) is 0 Å². The van der Waals surface area contributed by atoms with E-state index in [4.69, 9.17) is 0 Å². The van der Waals surface area contributed by atoms with Crippen LogP contribution in [-0.2, 0) is 27.5 Å². The molecule has 5 rings (SSSR count). The number of barbiturate groups is 1. The quantitative estimate of drug-likeness (QED) is 0.310. The molecule has 5 amide bonds. The summed E-state index contributed by atoms with van der Waals surface area (Å²) in [6, 6.07) is 17.4. The topological polar surface area (TPSA) is 101 Å². The number of fused-ring (bicyclic) bond motifs is 1. The number of para-hydroxylation sites is 1. The van der Waals surface area contributed by atoms with Crippen molar-refractivity contribution in [2.45, 2.75) is 20.0 Å². The van der Waals surface area contributed by atoms with Gasteiger partial charge in [-0.15, -0.1) is 11.3 Å². The number of thiophene rings is 1. The molecule has 0 atom stereocenters. The van der Waals surface area contributed by atoms with Crippen molar-refractivity contribution >= 4 is 57.8 Å². The van der Waals surface area contributed by atoms with Crippen molar-refractivity contribution in [2.75, 3.05) is 4.90 Å². The highest BCUT2D eigenvalue weighted by molar-refractivity contribution is 7.09. The molecule has 0 spiro atoms. The van der Waals surface area contributed by atoms with Crippen molar-refractivity contribution in [2.24, 2.45) is 0 Å². The molecule has 2 aromatic carbocycles. The van der Waals surface area contributed by atoms with Gasteiger partial charge in [-0.25, -0.2) is 9.69 Å². The number of carbonyl (C=O) groups excluding carboxylic acids is 4. The van der Waals surface area contributed by atoms with E-state index in [1.807, 2.05) is 48.7 Å². The summed E-state index contributed by atoms with van der Waals surface area (Å²) in [7, 11) is 0. The molecule has 1 fully saturated rings. The third-order valence-corrected chi connectivity index (χ3v) is 6.74. The normalized spacial score (nSPS) is 15.0. The van der Waals surface area contributed by atoms with E-state index < -0.39 is 17.8 Å². The van der Waals surface area contributed by atoms with E-state index >= 15 is 0 Å². The fourth-order valence-electron chi connectivity index (χ4n) is 4.07. The van der Waals surface area contributed by atoms with Crippen molar-refractivity contribution in [1.29, 1.82) is 0 Å². The third-order valence-electron chi connectivity index (χ3n) is 5.87. The number of benzene rings is 2. The Hall–Kier alpha value is -4.50. The first-order valence-corrected chi connectivity index (χ1v) is 12.1. The molecule has 180 valence electrons. The van der Waals surface area contributed by atoms with Gasteiger partial charge in [0.25, 0.3) is 11.8 Å². The third kappa shape index (κ3) is 4.56. The van der Waals surface area contributed by atoms with Gasteiger partial charge in [-0.1, -0.05) is 42.0 Å². The van der Waals surface area contributed by atoms with E-state index in [0.29, 0.717) is 17.8 Å². The van der Waals surface area contributed by atoms with E-state index in [2.05, 4.69) is 10.6 Å². The van der Waals surface area contributed by atoms with Gasteiger partial charge in [0.05, 0.1) is 12.2 Å². The molecule has 36 heavy (non-hydrogen) atoms. The Kier molecular flexibility index (Phi) is 6.22. The Morgan fingerprint density at radius 3 is 2.56 bits per heavy atom. The van der Waals surface area contributed by atoms with Crippen LogP contribution in [0.4, 0.5) is 10.5 Å². The van der Waals surface area contributed by atoms with Crippen molar-refractivity contribution in [3.05, 3.63) is 93.8 Å². The fraction of sp³-hybridized carbons (Fsp3) is 0.111. The van der Waals surface area contributed by atoms with Gasteiger partial charge in [0.15, 0.2) is 0 Å². The van der Waals surface area contributed by atoms with Crippen LogP contribution < -0.4 is 15.5 Å². The summed E-state index contributed by atoms with van der Waals surface area (Å²) in [5.41, 5.74) is 2.55. The summed E-state index contributed by atoms with van der Waals surface area (Å²) in [6.45, 7) is 2.42. The monoisotopic (exact) mass is 498 g/mol. The minimum Gasteiger partial charge on any atom is -0.350 e. The predicted molar refractivity (Wildman–Crippen MR) is 138 cm³/mol. The lowest BCUT2D eigenvalue weighted by atomic mass is 10.1. The molecule has 1 aliphatic rings. The van der Waals surface area contributed by atoms with Crippen LogP contribution in [-0.4, -0.2) is 28.3 Å². The van der Waals surface area contributed by atoms with Crippen LogP contribution in [0, 0.1) is 6.92 Å². The maximum Gasteiger partial charge on any atom is 0.335 e. The zero-order valence-electron chi connectivity index (χ0n) is 19.4. The molecule has 3 heterocycles. The van der Waals surface area contributed by atoms with Crippen molar-refractivity contribution in [3.8, 4) is 0 Å². The highest BCUT2D eigenvalue weighted by Crippen LogP contribution is 2.27. The summed E-state index contributed by atoms with van der Waals surface area (Å²) in [5.74, 6) is -1.64. The van der Waals surface area contributed by atoms with Gasteiger partial charge in [0, 0.05) is 27.5 Å². The van der Waals surface area contributed by atoms with Crippen LogP contribution in [0.1, 0.15) is 16.0 Å². The fourth-order valence-corrected chi connectivity index (χ4v) is 4.72. The van der Waals surface area contributed by atoms with E-state index in [1.54, 1.807) is 46.4 Å². The van der Waals surface area contributed by atoms with E-state index in [0.717, 1.165) is 26.2 Å². The van der Waals surface area contributed by atoms with Gasteiger partial charge in [-0.05, 0) is 42.6 Å². The molecule has 0 saturated carbocycles. The summed E-state index contributed by atoms with van der Waals surface area (Å²) in [6.07, 6.45) is 3.20. The number of anilines is 1. The lowest BCUT2D eigenvalue weighted by Gasteiger charge is -2.26. The number of hydrogen-bond acceptors (Lipinski definition) is 5. The summed E-state index contributed by atoms with van der Waals surface area (Å²) < 4.78 is 1.78. The van der Waals surface area contributed by atoms with E-state index in [-0.39, 0.29) is 18.0 Å². The Morgan fingerprint density at radius 2 is 1.81 bits per heavy atom. The minimum absolute atomic E-state index is 0.0726. The number of nitrogens with one attached hydrogen (secondary N) is 2. The number of nitrogens with zero attached hydrogens (tertiary/aromatic N) is 2. The van der Waals surface area contributed by atoms with Gasteiger partial charge in [0.2, 0.25) is 5.91 Å². The molecule has 0 aliphatic carbocycles. The number of aryl methyl sites for hydroxylation is 1. The zero-order chi connectivity index (χ0) is 25.2. The maximum atomic E-state index is 13.3. The first kappa shape index (κ1) is 23.3. The number of carbonyl (C=O) groups is 4. The molecule has 0 bridgehead atoms. The zero-order valence-corrected chi connectivity index (χ0v) is 20.2. The van der Waals surface area contributed by atoms with Crippen LogP contribution in [0.15, 0.2) is 77.8 Å². The van der Waals surface area contributed by atoms with Crippen molar-refractivity contribution in [3.63, 3.8) is 0 Å². The molecule has 8 nitrogen and oxygen atoms in total. The Bertz CT molecular complexity index is 1520. The maximum absolute atomic E-state index is 13.3. The standard InChI is InChI=1S/C27H22N4O4S/c1-17-8-10-19(11-9-17)31-26(34)22(25(33)29-27(31)35)13-18-15-30(23-7-3-2-6-21(18)23)16-24(32)28-14-20-5-4-12-36-20/h2-13,15H,14,16H2,1H3,(H,28,32)(H,29,33,35). The Balaban J connectivity index is 1.45. The van der Waals surface area contributed by atoms with E-state index in [9.17, 15) is 19.2 Å². The van der Waals surface area contributed by atoms with E-state index in [1.165, 1.54) is 6.08 Å². The average molecular weight is 499 g/mol. The number of amides is 5. The van der Waals surface area contributed by atoms with Crippen molar-refractivity contribution in [1.82, 2.24) is 15.2 Å². The number of imide groups is 2. The highest BCUT2D eigenvalue weighted by atomic mass is 32.1. The average Bonchev–Trinajstić information content (AvgIpc) is 3.50. The van der Waals surface area contributed by atoms with Gasteiger partial charge >= 0.3 is 6.03 Å². The summed E-state index contributed by atoms with van der Waals surface area (Å²) in [5, 5.41) is 7.89. The number of rotatable bonds is 6. The van der Waals surface area contributed by atoms with Gasteiger partial charge in [0.1, 0.15) is 12.1 Å². The second-order valence-electron chi connectivity index (χ2n) is 8.38. The lowest BCUT2D eigenvalue weighted by Crippen LogP contribution is -2.54. The largest absolute Gasteiger partial charge is 0.350 e. The molecule has 1 aliphatic heterocycles.